The minimum atomic E-state index is -0.191. The molecule has 3 rings (SSSR count). The van der Waals surface area contributed by atoms with E-state index in [1.165, 1.54) is 5.69 Å². The number of unbranched alkanes of at least 4 members (excludes halogenated alkanes) is 2. The molecule has 0 saturated heterocycles. The number of amides is 2. The van der Waals surface area contributed by atoms with Crippen LogP contribution >= 0.6 is 0 Å². The number of hydrogen-bond acceptors (Lipinski definition) is 3. The van der Waals surface area contributed by atoms with Crippen LogP contribution < -0.4 is 15.4 Å². The number of urea groups is 1. The third kappa shape index (κ3) is 6.86. The Balaban J connectivity index is 1.59. The maximum atomic E-state index is 12.3. The molecular formula is C28H38N4O2. The number of ether oxygens (including phenoxy) is 1. The van der Waals surface area contributed by atoms with Crippen LogP contribution in [0, 0.1) is 6.92 Å². The number of benzene rings is 2. The molecule has 1 aromatic heterocycles. The number of nitrogens with zero attached hydrogens (tertiary/aromatic N) is 2. The number of aromatic nitrogens is 2. The predicted octanol–water partition coefficient (Wildman–Crippen LogP) is 6.76. The van der Waals surface area contributed by atoms with E-state index in [-0.39, 0.29) is 6.03 Å². The summed E-state index contributed by atoms with van der Waals surface area (Å²) < 4.78 is 8.33. The number of nitrogens with one attached hydrogen (secondary N) is 2. The summed E-state index contributed by atoms with van der Waals surface area (Å²) in [5.41, 5.74) is 5.14. The number of carbonyl (C=O) groups excluding carboxylic acids is 1. The zero-order chi connectivity index (χ0) is 24.3. The SMILES string of the molecule is CCCCCNC(=O)Nc1c(C)cccc1OCCCn1cnc(-c2ccccc2)c1C(C)C. The second-order valence-electron chi connectivity index (χ2n) is 8.93. The second-order valence-corrected chi connectivity index (χ2v) is 8.93. The van der Waals surface area contributed by atoms with Crippen molar-refractivity contribution >= 4 is 11.7 Å². The number of aryl methyl sites for hydroxylation is 2. The molecule has 0 unspecified atom stereocenters. The maximum Gasteiger partial charge on any atom is 0.319 e. The van der Waals surface area contributed by atoms with Crippen LogP contribution in [0.3, 0.4) is 0 Å². The van der Waals surface area contributed by atoms with Crippen LogP contribution in [0.25, 0.3) is 11.3 Å². The molecule has 2 amide bonds. The Kier molecular flexibility index (Phi) is 9.56. The van der Waals surface area contributed by atoms with Gasteiger partial charge in [-0.3, -0.25) is 0 Å². The fraction of sp³-hybridized carbons (Fsp3) is 0.429. The van der Waals surface area contributed by atoms with E-state index in [1.54, 1.807) is 0 Å². The molecule has 6 heteroatoms. The Labute approximate surface area is 203 Å². The lowest BCUT2D eigenvalue weighted by molar-refractivity contribution is 0.251. The molecule has 0 radical (unpaired) electrons. The minimum Gasteiger partial charge on any atom is -0.491 e. The van der Waals surface area contributed by atoms with Gasteiger partial charge in [-0.1, -0.05) is 76.1 Å². The molecule has 3 aromatic rings. The third-order valence-electron chi connectivity index (χ3n) is 5.81. The molecule has 34 heavy (non-hydrogen) atoms. The highest BCUT2D eigenvalue weighted by Crippen LogP contribution is 2.29. The predicted molar refractivity (Wildman–Crippen MR) is 140 cm³/mol. The van der Waals surface area contributed by atoms with E-state index in [1.807, 2.05) is 49.6 Å². The first-order valence-electron chi connectivity index (χ1n) is 12.4. The van der Waals surface area contributed by atoms with Gasteiger partial charge in [-0.05, 0) is 37.3 Å². The lowest BCUT2D eigenvalue weighted by Crippen LogP contribution is -2.30. The van der Waals surface area contributed by atoms with Crippen LogP contribution in [0.15, 0.2) is 54.9 Å². The van der Waals surface area contributed by atoms with Gasteiger partial charge < -0.3 is 19.9 Å². The topological polar surface area (TPSA) is 68.2 Å². The highest BCUT2D eigenvalue weighted by Gasteiger charge is 2.16. The van der Waals surface area contributed by atoms with Crippen molar-refractivity contribution in [3.8, 4) is 17.0 Å². The van der Waals surface area contributed by atoms with Gasteiger partial charge in [0.25, 0.3) is 0 Å². The molecule has 2 N–H and O–H groups in total. The molecule has 1 heterocycles. The number of anilines is 1. The molecule has 0 saturated carbocycles. The van der Waals surface area contributed by atoms with E-state index in [0.717, 1.165) is 54.7 Å². The summed E-state index contributed by atoms with van der Waals surface area (Å²) in [6, 6.07) is 16.0. The Hall–Kier alpha value is -3.28. The number of carbonyl (C=O) groups is 1. The van der Waals surface area contributed by atoms with Crippen molar-refractivity contribution in [1.29, 1.82) is 0 Å². The van der Waals surface area contributed by atoms with Crippen LogP contribution in [0.2, 0.25) is 0 Å². The summed E-state index contributed by atoms with van der Waals surface area (Å²) in [6.45, 7) is 10.6. The first-order chi connectivity index (χ1) is 16.5. The lowest BCUT2D eigenvalue weighted by Gasteiger charge is -2.16. The van der Waals surface area contributed by atoms with E-state index in [9.17, 15) is 4.79 Å². The average molecular weight is 463 g/mol. The van der Waals surface area contributed by atoms with E-state index < -0.39 is 0 Å². The Morgan fingerprint density at radius 1 is 1.06 bits per heavy atom. The van der Waals surface area contributed by atoms with Crippen molar-refractivity contribution < 1.29 is 9.53 Å². The molecule has 0 aliphatic rings. The van der Waals surface area contributed by atoms with Crippen LogP contribution in [0.1, 0.15) is 63.6 Å². The summed E-state index contributed by atoms with van der Waals surface area (Å²) >= 11 is 0. The number of rotatable bonds is 12. The molecule has 0 fully saturated rings. The lowest BCUT2D eigenvalue weighted by atomic mass is 10.0. The molecule has 0 aliphatic heterocycles. The molecule has 0 atom stereocenters. The largest absolute Gasteiger partial charge is 0.491 e. The van der Waals surface area contributed by atoms with Gasteiger partial charge in [-0.2, -0.15) is 0 Å². The number of para-hydroxylation sites is 1. The van der Waals surface area contributed by atoms with Crippen molar-refractivity contribution in [1.82, 2.24) is 14.9 Å². The van der Waals surface area contributed by atoms with Crippen molar-refractivity contribution in [3.63, 3.8) is 0 Å². The molecular weight excluding hydrogens is 424 g/mol. The van der Waals surface area contributed by atoms with E-state index >= 15 is 0 Å². The number of imidazole rings is 1. The fourth-order valence-corrected chi connectivity index (χ4v) is 4.07. The standard InChI is InChI=1S/C28H38N4O2/c1-5-6-10-17-29-28(33)31-25-22(4)13-11-16-24(25)34-19-12-18-32-20-30-26(27(32)21(2)3)23-14-8-7-9-15-23/h7-9,11,13-16,20-21H,5-6,10,12,17-19H2,1-4H3,(H2,29,31,33). The van der Waals surface area contributed by atoms with Crippen LogP contribution in [0.5, 0.6) is 5.75 Å². The Morgan fingerprint density at radius 3 is 2.59 bits per heavy atom. The average Bonchev–Trinajstić information content (AvgIpc) is 3.26. The Morgan fingerprint density at radius 2 is 1.85 bits per heavy atom. The van der Waals surface area contributed by atoms with Gasteiger partial charge in [-0.25, -0.2) is 9.78 Å². The summed E-state index contributed by atoms with van der Waals surface area (Å²) in [6.07, 6.45) is 5.99. The highest BCUT2D eigenvalue weighted by atomic mass is 16.5. The molecule has 2 aromatic carbocycles. The number of hydrogen-bond donors (Lipinski definition) is 2. The van der Waals surface area contributed by atoms with Crippen molar-refractivity contribution in [2.24, 2.45) is 0 Å². The quantitative estimate of drug-likeness (QED) is 0.292. The van der Waals surface area contributed by atoms with Gasteiger partial charge >= 0.3 is 6.03 Å². The normalized spacial score (nSPS) is 11.0. The smallest absolute Gasteiger partial charge is 0.319 e. The van der Waals surface area contributed by atoms with Crippen LogP contribution in [-0.4, -0.2) is 28.7 Å². The first kappa shape index (κ1) is 25.3. The van der Waals surface area contributed by atoms with Crippen molar-refractivity contribution in [2.75, 3.05) is 18.5 Å². The Bertz CT molecular complexity index is 1040. The van der Waals surface area contributed by atoms with Gasteiger partial charge in [0, 0.05) is 24.3 Å². The van der Waals surface area contributed by atoms with Gasteiger partial charge in [0.15, 0.2) is 0 Å². The van der Waals surface area contributed by atoms with Gasteiger partial charge in [0.05, 0.1) is 24.3 Å². The van der Waals surface area contributed by atoms with Gasteiger partial charge in [0.2, 0.25) is 0 Å². The summed E-state index contributed by atoms with van der Waals surface area (Å²) in [5, 5.41) is 5.90. The van der Waals surface area contributed by atoms with Crippen LogP contribution in [0.4, 0.5) is 10.5 Å². The van der Waals surface area contributed by atoms with E-state index in [2.05, 4.69) is 48.1 Å². The summed E-state index contributed by atoms with van der Waals surface area (Å²) in [7, 11) is 0. The van der Waals surface area contributed by atoms with Crippen molar-refractivity contribution in [2.45, 2.75) is 65.8 Å². The summed E-state index contributed by atoms with van der Waals surface area (Å²) in [5.74, 6) is 1.06. The monoisotopic (exact) mass is 462 g/mol. The van der Waals surface area contributed by atoms with Crippen molar-refractivity contribution in [3.05, 3.63) is 66.1 Å². The van der Waals surface area contributed by atoms with E-state index in [0.29, 0.717) is 24.8 Å². The third-order valence-corrected chi connectivity index (χ3v) is 5.81. The van der Waals surface area contributed by atoms with Gasteiger partial charge in [0.1, 0.15) is 5.75 Å². The molecule has 0 aliphatic carbocycles. The van der Waals surface area contributed by atoms with Crippen LogP contribution in [-0.2, 0) is 6.54 Å². The summed E-state index contributed by atoms with van der Waals surface area (Å²) in [4.78, 5) is 17.0. The first-order valence-corrected chi connectivity index (χ1v) is 12.4. The molecule has 0 spiro atoms. The zero-order valence-corrected chi connectivity index (χ0v) is 20.9. The van der Waals surface area contributed by atoms with Gasteiger partial charge in [-0.15, -0.1) is 0 Å². The molecule has 182 valence electrons. The fourth-order valence-electron chi connectivity index (χ4n) is 4.07. The van der Waals surface area contributed by atoms with E-state index in [4.69, 9.17) is 9.72 Å². The zero-order valence-electron chi connectivity index (χ0n) is 20.9. The second kappa shape index (κ2) is 12.8. The molecule has 6 nitrogen and oxygen atoms in total. The minimum absolute atomic E-state index is 0.191. The highest BCUT2D eigenvalue weighted by molar-refractivity contribution is 5.91. The maximum absolute atomic E-state index is 12.3. The molecule has 0 bridgehead atoms.